The fraction of sp³-hybridized carbons (Fsp3) is 0.429. The molecule has 0 unspecified atom stereocenters. The highest BCUT2D eigenvalue weighted by atomic mass is 32.2. The molecular weight excluding hydrogens is 270 g/mol. The van der Waals surface area contributed by atoms with Crippen molar-refractivity contribution in [1.29, 1.82) is 5.26 Å². The van der Waals surface area contributed by atoms with Gasteiger partial charge in [0.2, 0.25) is 0 Å². The van der Waals surface area contributed by atoms with E-state index in [2.05, 4.69) is 25.8 Å². The number of pyridine rings is 1. The summed E-state index contributed by atoms with van der Waals surface area (Å²) in [5.41, 5.74) is 0.580. The lowest BCUT2D eigenvalue weighted by molar-refractivity contribution is 0.626. The van der Waals surface area contributed by atoms with Crippen molar-refractivity contribution in [2.45, 2.75) is 47.8 Å². The molecule has 0 N–H and O–H groups in total. The molecule has 2 aliphatic rings. The van der Waals surface area contributed by atoms with Crippen LogP contribution in [0.1, 0.15) is 49.0 Å². The number of nitrogens with zero attached hydrogens (tertiary/aromatic N) is 5. The molecule has 5 nitrogen and oxygen atoms in total. The molecule has 0 spiro atoms. The predicted octanol–water partition coefficient (Wildman–Crippen LogP) is 2.91. The van der Waals surface area contributed by atoms with Gasteiger partial charge in [0.1, 0.15) is 16.9 Å². The second kappa shape index (κ2) is 4.60. The fourth-order valence-electron chi connectivity index (χ4n) is 2.25. The molecule has 4 rings (SSSR count). The van der Waals surface area contributed by atoms with Crippen molar-refractivity contribution >= 4 is 11.8 Å². The van der Waals surface area contributed by atoms with Crippen molar-refractivity contribution in [3.05, 3.63) is 29.7 Å². The van der Waals surface area contributed by atoms with E-state index in [1.165, 1.54) is 37.4 Å². The third-order valence-electron chi connectivity index (χ3n) is 3.61. The summed E-state index contributed by atoms with van der Waals surface area (Å²) >= 11 is 1.54. The lowest BCUT2D eigenvalue weighted by Crippen LogP contribution is -2.01. The number of aromatic nitrogens is 4. The molecule has 2 aromatic rings. The first-order valence-electron chi connectivity index (χ1n) is 6.84. The molecule has 2 aliphatic carbocycles. The van der Waals surface area contributed by atoms with Gasteiger partial charge >= 0.3 is 0 Å². The van der Waals surface area contributed by atoms with Crippen LogP contribution in [0.25, 0.3) is 0 Å². The maximum Gasteiger partial charge on any atom is 0.197 e. The topological polar surface area (TPSA) is 67.4 Å². The Labute approximate surface area is 121 Å². The summed E-state index contributed by atoms with van der Waals surface area (Å²) in [4.78, 5) is 4.29. The van der Waals surface area contributed by atoms with Crippen LogP contribution < -0.4 is 0 Å². The summed E-state index contributed by atoms with van der Waals surface area (Å²) in [7, 11) is 0. The van der Waals surface area contributed by atoms with E-state index in [1.54, 1.807) is 12.3 Å². The zero-order chi connectivity index (χ0) is 13.5. The molecule has 2 saturated carbocycles. The van der Waals surface area contributed by atoms with Gasteiger partial charge in [0, 0.05) is 18.2 Å². The van der Waals surface area contributed by atoms with Gasteiger partial charge in [-0.3, -0.25) is 0 Å². The Morgan fingerprint density at radius 3 is 2.65 bits per heavy atom. The summed E-state index contributed by atoms with van der Waals surface area (Å²) < 4.78 is 2.31. The second-order valence-corrected chi connectivity index (χ2v) is 6.30. The summed E-state index contributed by atoms with van der Waals surface area (Å²) in [6.07, 6.45) is 6.54. The van der Waals surface area contributed by atoms with Gasteiger partial charge in [0.05, 0.1) is 5.56 Å². The van der Waals surface area contributed by atoms with Crippen molar-refractivity contribution in [3.63, 3.8) is 0 Å². The van der Waals surface area contributed by atoms with Crippen LogP contribution in [0.3, 0.4) is 0 Å². The normalized spacial score (nSPS) is 17.9. The van der Waals surface area contributed by atoms with Crippen LogP contribution in [0.15, 0.2) is 28.5 Å². The Hall–Kier alpha value is -1.87. The highest BCUT2D eigenvalue weighted by molar-refractivity contribution is 7.99. The van der Waals surface area contributed by atoms with Crippen molar-refractivity contribution < 1.29 is 0 Å². The summed E-state index contributed by atoms with van der Waals surface area (Å²) in [6.45, 7) is 0. The third kappa shape index (κ3) is 2.18. The largest absolute Gasteiger partial charge is 0.302 e. The van der Waals surface area contributed by atoms with Gasteiger partial charge < -0.3 is 4.57 Å². The van der Waals surface area contributed by atoms with E-state index in [4.69, 9.17) is 5.26 Å². The molecular formula is C14H13N5S. The van der Waals surface area contributed by atoms with Crippen molar-refractivity contribution in [3.8, 4) is 6.07 Å². The van der Waals surface area contributed by atoms with E-state index < -0.39 is 0 Å². The summed E-state index contributed by atoms with van der Waals surface area (Å²) in [5, 5.41) is 19.3. The molecule has 2 fully saturated rings. The van der Waals surface area contributed by atoms with E-state index in [-0.39, 0.29) is 0 Å². The van der Waals surface area contributed by atoms with Gasteiger partial charge in [0.15, 0.2) is 5.16 Å². The molecule has 0 aromatic carbocycles. The quantitative estimate of drug-likeness (QED) is 0.863. The molecule has 0 amide bonds. The minimum Gasteiger partial charge on any atom is -0.302 e. The minimum atomic E-state index is 0.580. The zero-order valence-electron chi connectivity index (χ0n) is 10.9. The van der Waals surface area contributed by atoms with Crippen LogP contribution in [0.2, 0.25) is 0 Å². The van der Waals surface area contributed by atoms with Gasteiger partial charge in [0.25, 0.3) is 0 Å². The number of nitriles is 1. The maximum absolute atomic E-state index is 8.79. The smallest absolute Gasteiger partial charge is 0.197 e. The highest BCUT2D eigenvalue weighted by Gasteiger charge is 2.36. The molecule has 0 radical (unpaired) electrons. The second-order valence-electron chi connectivity index (χ2n) is 5.32. The minimum absolute atomic E-state index is 0.580. The van der Waals surface area contributed by atoms with E-state index >= 15 is 0 Å². The van der Waals surface area contributed by atoms with E-state index in [0.717, 1.165) is 16.0 Å². The van der Waals surface area contributed by atoms with Crippen LogP contribution in [0, 0.1) is 11.3 Å². The van der Waals surface area contributed by atoms with Gasteiger partial charge in [-0.15, -0.1) is 10.2 Å². The molecule has 100 valence electrons. The standard InChI is InChI=1S/C14H13N5S/c15-7-9-1-6-12(16-8-9)20-14-18-17-13(10-2-3-10)19(14)11-4-5-11/h1,6,8,10-11H,2-5H2. The fourth-order valence-corrected chi connectivity index (χ4v) is 3.11. The summed E-state index contributed by atoms with van der Waals surface area (Å²) in [5.74, 6) is 1.77. The predicted molar refractivity (Wildman–Crippen MR) is 73.3 cm³/mol. The SMILES string of the molecule is N#Cc1ccc(Sc2nnc(C3CC3)n2C2CC2)nc1. The molecule has 0 bridgehead atoms. The molecule has 6 heteroatoms. The first-order chi connectivity index (χ1) is 9.85. The van der Waals surface area contributed by atoms with Gasteiger partial charge in [-0.25, -0.2) is 4.98 Å². The van der Waals surface area contributed by atoms with Crippen LogP contribution in [-0.2, 0) is 0 Å². The molecule has 0 saturated heterocycles. The first kappa shape index (κ1) is 11.9. The van der Waals surface area contributed by atoms with Gasteiger partial charge in [-0.1, -0.05) is 0 Å². The Bertz CT molecular complexity index is 677. The lowest BCUT2D eigenvalue weighted by Gasteiger charge is -2.07. The Balaban J connectivity index is 1.63. The average molecular weight is 283 g/mol. The molecule has 2 aromatic heterocycles. The van der Waals surface area contributed by atoms with E-state index in [1.807, 2.05) is 6.07 Å². The van der Waals surface area contributed by atoms with E-state index in [0.29, 0.717) is 17.5 Å². The van der Waals surface area contributed by atoms with Gasteiger partial charge in [-0.05, 0) is 49.6 Å². The van der Waals surface area contributed by atoms with Crippen molar-refractivity contribution in [2.24, 2.45) is 0 Å². The Kier molecular flexibility index (Phi) is 2.74. The zero-order valence-corrected chi connectivity index (χ0v) is 11.7. The monoisotopic (exact) mass is 283 g/mol. The highest BCUT2D eigenvalue weighted by Crippen LogP contribution is 2.46. The van der Waals surface area contributed by atoms with Crippen molar-refractivity contribution in [2.75, 3.05) is 0 Å². The number of rotatable bonds is 4. The summed E-state index contributed by atoms with van der Waals surface area (Å²) in [6, 6.07) is 6.32. The Morgan fingerprint density at radius 1 is 1.20 bits per heavy atom. The van der Waals surface area contributed by atoms with Crippen molar-refractivity contribution in [1.82, 2.24) is 19.7 Å². The Morgan fingerprint density at radius 2 is 2.05 bits per heavy atom. The van der Waals surface area contributed by atoms with Gasteiger partial charge in [-0.2, -0.15) is 5.26 Å². The van der Waals surface area contributed by atoms with E-state index in [9.17, 15) is 0 Å². The van der Waals surface area contributed by atoms with Crippen LogP contribution in [-0.4, -0.2) is 19.7 Å². The number of hydrogen-bond acceptors (Lipinski definition) is 5. The molecule has 0 aliphatic heterocycles. The van der Waals surface area contributed by atoms with Crippen LogP contribution in [0.4, 0.5) is 0 Å². The first-order valence-corrected chi connectivity index (χ1v) is 7.65. The molecule has 0 atom stereocenters. The van der Waals surface area contributed by atoms with Crippen LogP contribution in [0.5, 0.6) is 0 Å². The molecule has 20 heavy (non-hydrogen) atoms. The lowest BCUT2D eigenvalue weighted by atomic mass is 10.3. The third-order valence-corrected chi connectivity index (χ3v) is 4.52. The molecule has 2 heterocycles. The van der Waals surface area contributed by atoms with Crippen LogP contribution >= 0.6 is 11.8 Å². The average Bonchev–Trinajstić information content (AvgIpc) is 3.39. The number of hydrogen-bond donors (Lipinski definition) is 0. The maximum atomic E-state index is 8.79.